The second-order valence-electron chi connectivity index (χ2n) is 5.58. The van der Waals surface area contributed by atoms with Crippen LogP contribution in [0.1, 0.15) is 37.3 Å². The topological polar surface area (TPSA) is 63.1 Å². The standard InChI is InChI=1S/C13H21N5O/c1-14-11-3-2-6-17(7-11)13(19)9-18-8-12(15-16-18)10-4-5-10/h8,10-11,14H,2-7,9H2,1H3/t11-/m1/s1. The highest BCUT2D eigenvalue weighted by molar-refractivity contribution is 5.76. The Bertz CT molecular complexity index is 454. The summed E-state index contributed by atoms with van der Waals surface area (Å²) in [7, 11) is 1.96. The van der Waals surface area contributed by atoms with Gasteiger partial charge in [0.25, 0.3) is 0 Å². The van der Waals surface area contributed by atoms with Crippen molar-refractivity contribution < 1.29 is 4.79 Å². The van der Waals surface area contributed by atoms with Crippen LogP contribution in [0.25, 0.3) is 0 Å². The van der Waals surface area contributed by atoms with E-state index in [0.717, 1.165) is 31.6 Å². The molecule has 2 fully saturated rings. The number of likely N-dealkylation sites (N-methyl/N-ethyl adjacent to an activating group) is 1. The first kappa shape index (κ1) is 12.6. The predicted molar refractivity (Wildman–Crippen MR) is 70.7 cm³/mol. The van der Waals surface area contributed by atoms with Crippen molar-refractivity contribution in [2.45, 2.75) is 44.2 Å². The molecule has 1 N–H and O–H groups in total. The highest BCUT2D eigenvalue weighted by atomic mass is 16.2. The summed E-state index contributed by atoms with van der Waals surface area (Å²) in [5.74, 6) is 0.736. The lowest BCUT2D eigenvalue weighted by molar-refractivity contribution is -0.133. The van der Waals surface area contributed by atoms with Gasteiger partial charge in [0.05, 0.1) is 5.69 Å². The van der Waals surface area contributed by atoms with E-state index in [1.54, 1.807) is 4.68 Å². The summed E-state index contributed by atoms with van der Waals surface area (Å²) in [6.45, 7) is 1.98. The second kappa shape index (κ2) is 5.28. The van der Waals surface area contributed by atoms with Gasteiger partial charge in [-0.25, -0.2) is 4.68 Å². The Balaban J connectivity index is 1.57. The van der Waals surface area contributed by atoms with E-state index in [0.29, 0.717) is 18.5 Å². The molecule has 1 aliphatic carbocycles. The monoisotopic (exact) mass is 263 g/mol. The molecule has 6 heteroatoms. The summed E-state index contributed by atoms with van der Waals surface area (Å²) in [6, 6.07) is 0.426. The molecule has 1 amide bonds. The molecular weight excluding hydrogens is 242 g/mol. The highest BCUT2D eigenvalue weighted by Gasteiger charge is 2.27. The number of likely N-dealkylation sites (tertiary alicyclic amines) is 1. The average Bonchev–Trinajstić information content (AvgIpc) is 3.19. The molecule has 0 aromatic carbocycles. The van der Waals surface area contributed by atoms with Crippen LogP contribution in [0.5, 0.6) is 0 Å². The minimum atomic E-state index is 0.146. The third kappa shape index (κ3) is 2.94. The molecule has 0 spiro atoms. The molecule has 1 saturated heterocycles. The molecule has 1 atom stereocenters. The minimum Gasteiger partial charge on any atom is -0.340 e. The van der Waals surface area contributed by atoms with E-state index in [9.17, 15) is 4.79 Å². The van der Waals surface area contributed by atoms with E-state index < -0.39 is 0 Å². The molecule has 0 bridgehead atoms. The largest absolute Gasteiger partial charge is 0.340 e. The molecule has 6 nitrogen and oxygen atoms in total. The Hall–Kier alpha value is -1.43. The van der Waals surface area contributed by atoms with Gasteiger partial charge in [-0.2, -0.15) is 0 Å². The lowest BCUT2D eigenvalue weighted by Crippen LogP contribution is -2.47. The number of rotatable bonds is 4. The third-order valence-electron chi connectivity index (χ3n) is 4.03. The van der Waals surface area contributed by atoms with Crippen LogP contribution in [-0.4, -0.2) is 52.0 Å². The number of aromatic nitrogens is 3. The molecule has 0 unspecified atom stereocenters. The lowest BCUT2D eigenvalue weighted by atomic mass is 10.1. The van der Waals surface area contributed by atoms with Crippen molar-refractivity contribution in [2.24, 2.45) is 0 Å². The van der Waals surface area contributed by atoms with Gasteiger partial charge in [-0.1, -0.05) is 5.21 Å². The van der Waals surface area contributed by atoms with Crippen molar-refractivity contribution >= 4 is 5.91 Å². The molecule has 104 valence electrons. The number of nitrogens with zero attached hydrogens (tertiary/aromatic N) is 4. The maximum Gasteiger partial charge on any atom is 0.244 e. The molecule has 1 aliphatic heterocycles. The van der Waals surface area contributed by atoms with Crippen LogP contribution in [0, 0.1) is 0 Å². The molecule has 3 rings (SSSR count). The molecule has 1 saturated carbocycles. The summed E-state index contributed by atoms with van der Waals surface area (Å²) < 4.78 is 1.68. The van der Waals surface area contributed by atoms with Crippen molar-refractivity contribution in [3.63, 3.8) is 0 Å². The number of piperidine rings is 1. The lowest BCUT2D eigenvalue weighted by Gasteiger charge is -2.32. The molecule has 1 aromatic rings. The second-order valence-corrected chi connectivity index (χ2v) is 5.58. The summed E-state index contributed by atoms with van der Waals surface area (Å²) >= 11 is 0. The summed E-state index contributed by atoms with van der Waals surface area (Å²) in [5.41, 5.74) is 1.04. The van der Waals surface area contributed by atoms with Gasteiger partial charge in [-0.15, -0.1) is 5.10 Å². The van der Waals surface area contributed by atoms with E-state index in [4.69, 9.17) is 0 Å². The van der Waals surface area contributed by atoms with Crippen molar-refractivity contribution in [1.82, 2.24) is 25.2 Å². The minimum absolute atomic E-state index is 0.146. The van der Waals surface area contributed by atoms with E-state index in [-0.39, 0.29) is 5.91 Å². The van der Waals surface area contributed by atoms with Crippen LogP contribution in [0.3, 0.4) is 0 Å². The third-order valence-corrected chi connectivity index (χ3v) is 4.03. The van der Waals surface area contributed by atoms with Crippen LogP contribution in [-0.2, 0) is 11.3 Å². The average molecular weight is 263 g/mol. The van der Waals surface area contributed by atoms with Crippen LogP contribution in [0.2, 0.25) is 0 Å². The zero-order chi connectivity index (χ0) is 13.2. The highest BCUT2D eigenvalue weighted by Crippen LogP contribution is 2.38. The number of carbonyl (C=O) groups is 1. The van der Waals surface area contributed by atoms with Crippen molar-refractivity contribution in [3.8, 4) is 0 Å². The normalized spacial score (nSPS) is 23.6. The first-order valence-corrected chi connectivity index (χ1v) is 7.11. The molecule has 0 radical (unpaired) electrons. The molecule has 2 heterocycles. The van der Waals surface area contributed by atoms with Gasteiger partial charge < -0.3 is 10.2 Å². The maximum absolute atomic E-state index is 12.2. The summed E-state index contributed by atoms with van der Waals surface area (Å²) in [6.07, 6.45) is 6.57. The number of nitrogens with one attached hydrogen (secondary N) is 1. The number of amides is 1. The molecule has 19 heavy (non-hydrogen) atoms. The fourth-order valence-electron chi connectivity index (χ4n) is 2.63. The predicted octanol–water partition coefficient (Wildman–Crippen LogP) is 0.366. The Morgan fingerprint density at radius 2 is 2.32 bits per heavy atom. The first-order chi connectivity index (χ1) is 9.26. The summed E-state index contributed by atoms with van der Waals surface area (Å²) in [4.78, 5) is 14.2. The summed E-state index contributed by atoms with van der Waals surface area (Å²) in [5, 5.41) is 11.4. The van der Waals surface area contributed by atoms with Crippen molar-refractivity contribution in [1.29, 1.82) is 0 Å². The Kier molecular flexibility index (Phi) is 3.50. The smallest absolute Gasteiger partial charge is 0.244 e. The van der Waals surface area contributed by atoms with Crippen LogP contribution in [0.15, 0.2) is 6.20 Å². The zero-order valence-electron chi connectivity index (χ0n) is 11.4. The molecule has 2 aliphatic rings. The molecule has 1 aromatic heterocycles. The fourth-order valence-corrected chi connectivity index (χ4v) is 2.63. The quantitative estimate of drug-likeness (QED) is 0.852. The van der Waals surface area contributed by atoms with Crippen molar-refractivity contribution in [2.75, 3.05) is 20.1 Å². The van der Waals surface area contributed by atoms with Gasteiger partial charge >= 0.3 is 0 Å². The van der Waals surface area contributed by atoms with Crippen molar-refractivity contribution in [3.05, 3.63) is 11.9 Å². The number of hydrogen-bond donors (Lipinski definition) is 1. The van der Waals surface area contributed by atoms with Gasteiger partial charge in [0.15, 0.2) is 0 Å². The van der Waals surface area contributed by atoms with Gasteiger partial charge in [-0.3, -0.25) is 4.79 Å². The number of carbonyl (C=O) groups excluding carboxylic acids is 1. The van der Waals surface area contributed by atoms with E-state index in [1.165, 1.54) is 12.8 Å². The van der Waals surface area contributed by atoms with Crippen LogP contribution < -0.4 is 5.32 Å². The van der Waals surface area contributed by atoms with Crippen LogP contribution in [0.4, 0.5) is 0 Å². The van der Waals surface area contributed by atoms with Gasteiger partial charge in [-0.05, 0) is 32.7 Å². The van der Waals surface area contributed by atoms with E-state index >= 15 is 0 Å². The van der Waals surface area contributed by atoms with E-state index in [2.05, 4.69) is 15.6 Å². The zero-order valence-corrected chi connectivity index (χ0v) is 11.4. The van der Waals surface area contributed by atoms with Gasteiger partial charge in [0, 0.05) is 31.2 Å². The van der Waals surface area contributed by atoms with Gasteiger partial charge in [0.2, 0.25) is 5.91 Å². The Morgan fingerprint density at radius 3 is 3.05 bits per heavy atom. The maximum atomic E-state index is 12.2. The Labute approximate surface area is 113 Å². The fraction of sp³-hybridized carbons (Fsp3) is 0.769. The van der Waals surface area contributed by atoms with E-state index in [1.807, 2.05) is 18.1 Å². The number of hydrogen-bond acceptors (Lipinski definition) is 4. The molecular formula is C13H21N5O. The van der Waals surface area contributed by atoms with Crippen LogP contribution >= 0.6 is 0 Å². The van der Waals surface area contributed by atoms with Gasteiger partial charge in [0.1, 0.15) is 6.54 Å². The SMILES string of the molecule is CN[C@@H]1CCCN(C(=O)Cn2cc(C3CC3)nn2)C1. The first-order valence-electron chi connectivity index (χ1n) is 7.11. The Morgan fingerprint density at radius 1 is 1.47 bits per heavy atom.